The number of rotatable bonds is 3. The predicted molar refractivity (Wildman–Crippen MR) is 59.2 cm³/mol. The zero-order chi connectivity index (χ0) is 10.8. The zero-order valence-corrected chi connectivity index (χ0v) is 9.17. The van der Waals surface area contributed by atoms with Crippen molar-refractivity contribution in [3.8, 4) is 0 Å². The van der Waals surface area contributed by atoms with Gasteiger partial charge in [0, 0.05) is 0 Å². The Labute approximate surface area is 85.8 Å². The molecule has 3 N–H and O–H groups in total. The fraction of sp³-hybridized carbons (Fsp3) is 0.500. The van der Waals surface area contributed by atoms with E-state index in [0.717, 1.165) is 11.1 Å². The summed E-state index contributed by atoms with van der Waals surface area (Å²) in [6.45, 7) is 6.36. The Bertz CT molecular complexity index is 318. The monoisotopic (exact) mass is 193 g/mol. The van der Waals surface area contributed by atoms with Gasteiger partial charge in [0.2, 0.25) is 0 Å². The van der Waals surface area contributed by atoms with E-state index in [1.807, 2.05) is 32.9 Å². The van der Waals surface area contributed by atoms with E-state index in [0.29, 0.717) is 13.0 Å². The van der Waals surface area contributed by atoms with E-state index < -0.39 is 5.60 Å². The molecule has 0 aliphatic heterocycles. The Morgan fingerprint density at radius 1 is 1.36 bits per heavy atom. The van der Waals surface area contributed by atoms with Crippen LogP contribution in [-0.2, 0) is 5.60 Å². The third-order valence-electron chi connectivity index (χ3n) is 2.60. The molecule has 1 atom stereocenters. The molecule has 0 spiro atoms. The van der Waals surface area contributed by atoms with Crippen molar-refractivity contribution in [2.75, 3.05) is 6.54 Å². The molecule has 14 heavy (non-hydrogen) atoms. The molecule has 0 aliphatic rings. The van der Waals surface area contributed by atoms with Crippen LogP contribution in [0.2, 0.25) is 0 Å². The summed E-state index contributed by atoms with van der Waals surface area (Å²) in [5, 5.41) is 10.2. The van der Waals surface area contributed by atoms with Crippen LogP contribution in [0.15, 0.2) is 18.2 Å². The molecule has 0 saturated heterocycles. The summed E-state index contributed by atoms with van der Waals surface area (Å²) in [6, 6.07) is 6.12. The summed E-state index contributed by atoms with van der Waals surface area (Å²) >= 11 is 0. The van der Waals surface area contributed by atoms with Crippen LogP contribution in [-0.4, -0.2) is 11.7 Å². The fourth-order valence-corrected chi connectivity index (χ4v) is 1.73. The van der Waals surface area contributed by atoms with Gasteiger partial charge in [-0.1, -0.05) is 23.8 Å². The van der Waals surface area contributed by atoms with Gasteiger partial charge in [-0.3, -0.25) is 0 Å². The number of aliphatic hydroxyl groups is 1. The Morgan fingerprint density at radius 3 is 2.57 bits per heavy atom. The fourth-order valence-electron chi connectivity index (χ4n) is 1.73. The van der Waals surface area contributed by atoms with Crippen LogP contribution < -0.4 is 5.73 Å². The maximum Gasteiger partial charge on any atom is 0.0883 e. The van der Waals surface area contributed by atoms with Gasteiger partial charge in [-0.15, -0.1) is 0 Å². The molecule has 0 fully saturated rings. The number of hydrogen-bond donors (Lipinski definition) is 2. The minimum Gasteiger partial charge on any atom is -0.385 e. The zero-order valence-electron chi connectivity index (χ0n) is 9.17. The average Bonchev–Trinajstić information content (AvgIpc) is 2.09. The Balaban J connectivity index is 3.10. The van der Waals surface area contributed by atoms with Gasteiger partial charge in [0.15, 0.2) is 0 Å². The van der Waals surface area contributed by atoms with Gasteiger partial charge in [-0.2, -0.15) is 0 Å². The molecule has 0 heterocycles. The topological polar surface area (TPSA) is 46.2 Å². The maximum absolute atomic E-state index is 10.2. The van der Waals surface area contributed by atoms with Crippen molar-refractivity contribution in [1.82, 2.24) is 0 Å². The minimum absolute atomic E-state index is 0.500. The SMILES string of the molecule is Cc1ccc(C)c(C(C)(O)CCN)c1. The smallest absolute Gasteiger partial charge is 0.0883 e. The van der Waals surface area contributed by atoms with Crippen molar-refractivity contribution in [3.05, 3.63) is 34.9 Å². The van der Waals surface area contributed by atoms with E-state index in [1.165, 1.54) is 5.56 Å². The van der Waals surface area contributed by atoms with E-state index in [4.69, 9.17) is 5.73 Å². The Hall–Kier alpha value is -0.860. The van der Waals surface area contributed by atoms with Crippen molar-refractivity contribution in [2.24, 2.45) is 5.73 Å². The predicted octanol–water partition coefficient (Wildman–Crippen LogP) is 1.86. The molecular formula is C12H19NO. The van der Waals surface area contributed by atoms with Gasteiger partial charge in [-0.05, 0) is 44.9 Å². The van der Waals surface area contributed by atoms with E-state index in [9.17, 15) is 5.11 Å². The summed E-state index contributed by atoms with van der Waals surface area (Å²) in [5.41, 5.74) is 7.96. The number of benzene rings is 1. The highest BCUT2D eigenvalue weighted by molar-refractivity contribution is 5.34. The summed E-state index contributed by atoms with van der Waals surface area (Å²) in [4.78, 5) is 0. The molecule has 2 heteroatoms. The van der Waals surface area contributed by atoms with E-state index in [2.05, 4.69) is 6.07 Å². The lowest BCUT2D eigenvalue weighted by Gasteiger charge is -2.25. The summed E-state index contributed by atoms with van der Waals surface area (Å²) in [5.74, 6) is 0. The third-order valence-corrected chi connectivity index (χ3v) is 2.60. The molecule has 78 valence electrons. The van der Waals surface area contributed by atoms with Gasteiger partial charge < -0.3 is 10.8 Å². The van der Waals surface area contributed by atoms with Crippen LogP contribution in [0.1, 0.15) is 30.0 Å². The van der Waals surface area contributed by atoms with Crippen LogP contribution in [0, 0.1) is 13.8 Å². The first-order chi connectivity index (χ1) is 6.47. The molecule has 0 aromatic heterocycles. The van der Waals surface area contributed by atoms with Crippen LogP contribution in [0.4, 0.5) is 0 Å². The molecule has 0 amide bonds. The molecule has 0 bridgehead atoms. The first kappa shape index (κ1) is 11.2. The second kappa shape index (κ2) is 4.11. The van der Waals surface area contributed by atoms with Crippen LogP contribution in [0.5, 0.6) is 0 Å². The molecule has 1 unspecified atom stereocenters. The van der Waals surface area contributed by atoms with E-state index >= 15 is 0 Å². The number of hydrogen-bond acceptors (Lipinski definition) is 2. The molecular weight excluding hydrogens is 174 g/mol. The summed E-state index contributed by atoms with van der Waals surface area (Å²) in [7, 11) is 0. The average molecular weight is 193 g/mol. The summed E-state index contributed by atoms with van der Waals surface area (Å²) < 4.78 is 0. The highest BCUT2D eigenvalue weighted by atomic mass is 16.3. The highest BCUT2D eigenvalue weighted by Gasteiger charge is 2.23. The van der Waals surface area contributed by atoms with Gasteiger partial charge in [-0.25, -0.2) is 0 Å². The van der Waals surface area contributed by atoms with Gasteiger partial charge in [0.1, 0.15) is 0 Å². The quantitative estimate of drug-likeness (QED) is 0.769. The molecule has 0 radical (unpaired) electrons. The number of aryl methyl sites for hydroxylation is 2. The van der Waals surface area contributed by atoms with Gasteiger partial charge in [0.25, 0.3) is 0 Å². The van der Waals surface area contributed by atoms with Crippen molar-refractivity contribution in [3.63, 3.8) is 0 Å². The molecule has 0 saturated carbocycles. The second-order valence-corrected chi connectivity index (χ2v) is 4.13. The molecule has 0 aliphatic carbocycles. The maximum atomic E-state index is 10.2. The first-order valence-corrected chi connectivity index (χ1v) is 4.97. The molecule has 1 aromatic carbocycles. The van der Waals surface area contributed by atoms with Crippen molar-refractivity contribution < 1.29 is 5.11 Å². The lowest BCUT2D eigenvalue weighted by atomic mass is 9.88. The summed E-state index contributed by atoms with van der Waals surface area (Å²) in [6.07, 6.45) is 0.595. The van der Waals surface area contributed by atoms with E-state index in [-0.39, 0.29) is 0 Å². The first-order valence-electron chi connectivity index (χ1n) is 4.97. The Kier molecular flexibility index (Phi) is 3.29. The van der Waals surface area contributed by atoms with Crippen molar-refractivity contribution in [2.45, 2.75) is 32.8 Å². The second-order valence-electron chi connectivity index (χ2n) is 4.13. The third kappa shape index (κ3) is 2.34. The Morgan fingerprint density at radius 2 is 2.00 bits per heavy atom. The molecule has 2 nitrogen and oxygen atoms in total. The molecule has 1 aromatic rings. The van der Waals surface area contributed by atoms with Crippen LogP contribution in [0.3, 0.4) is 0 Å². The lowest BCUT2D eigenvalue weighted by molar-refractivity contribution is 0.0497. The van der Waals surface area contributed by atoms with Crippen LogP contribution >= 0.6 is 0 Å². The van der Waals surface area contributed by atoms with Crippen molar-refractivity contribution >= 4 is 0 Å². The normalized spacial score (nSPS) is 15.2. The number of nitrogens with two attached hydrogens (primary N) is 1. The van der Waals surface area contributed by atoms with Gasteiger partial charge in [0.05, 0.1) is 5.60 Å². The lowest BCUT2D eigenvalue weighted by Crippen LogP contribution is -2.26. The van der Waals surface area contributed by atoms with E-state index in [1.54, 1.807) is 0 Å². The largest absolute Gasteiger partial charge is 0.385 e. The minimum atomic E-state index is -0.801. The standard InChI is InChI=1S/C12H19NO/c1-9-4-5-10(2)11(8-9)12(3,14)6-7-13/h4-5,8,14H,6-7,13H2,1-3H3. The van der Waals surface area contributed by atoms with Crippen molar-refractivity contribution in [1.29, 1.82) is 0 Å². The highest BCUT2D eigenvalue weighted by Crippen LogP contribution is 2.27. The van der Waals surface area contributed by atoms with Gasteiger partial charge >= 0.3 is 0 Å². The molecule has 1 rings (SSSR count). The van der Waals surface area contributed by atoms with Crippen LogP contribution in [0.25, 0.3) is 0 Å².